The van der Waals surface area contributed by atoms with Crippen molar-refractivity contribution in [3.8, 4) is 5.75 Å². The van der Waals surface area contributed by atoms with E-state index in [0.29, 0.717) is 11.6 Å². The molecule has 0 saturated carbocycles. The van der Waals surface area contributed by atoms with Gasteiger partial charge in [0.1, 0.15) is 5.75 Å². The summed E-state index contributed by atoms with van der Waals surface area (Å²) in [6.45, 7) is 2.49. The van der Waals surface area contributed by atoms with Crippen LogP contribution in [0.5, 0.6) is 5.75 Å². The lowest BCUT2D eigenvalue weighted by atomic mass is 10.1. The number of rotatable bonds is 2. The van der Waals surface area contributed by atoms with Gasteiger partial charge in [0, 0.05) is 28.7 Å². The van der Waals surface area contributed by atoms with E-state index < -0.39 is 0 Å². The zero-order valence-corrected chi connectivity index (χ0v) is 9.48. The van der Waals surface area contributed by atoms with Crippen molar-refractivity contribution in [3.05, 3.63) is 28.4 Å². The maximum absolute atomic E-state index is 6.01. The highest BCUT2D eigenvalue weighted by Crippen LogP contribution is 2.32. The quantitative estimate of drug-likeness (QED) is 0.824. The van der Waals surface area contributed by atoms with Crippen molar-refractivity contribution >= 4 is 22.5 Å². The molecule has 3 nitrogen and oxygen atoms in total. The van der Waals surface area contributed by atoms with Gasteiger partial charge in [-0.05, 0) is 18.6 Å². The third-order valence-corrected chi connectivity index (χ3v) is 2.80. The van der Waals surface area contributed by atoms with Crippen molar-refractivity contribution in [1.82, 2.24) is 4.98 Å². The molecule has 0 unspecified atom stereocenters. The number of halogens is 1. The second kappa shape index (κ2) is 3.76. The van der Waals surface area contributed by atoms with Crippen molar-refractivity contribution in [2.24, 2.45) is 5.73 Å². The fourth-order valence-electron chi connectivity index (χ4n) is 1.84. The molecule has 0 saturated heterocycles. The fourth-order valence-corrected chi connectivity index (χ4v) is 2.05. The summed E-state index contributed by atoms with van der Waals surface area (Å²) in [7, 11) is 1.63. The lowest BCUT2D eigenvalue weighted by Crippen LogP contribution is -1.96. The minimum absolute atomic E-state index is 0.495. The van der Waals surface area contributed by atoms with Crippen LogP contribution in [0.15, 0.2) is 12.1 Å². The summed E-state index contributed by atoms with van der Waals surface area (Å²) in [5, 5.41) is 1.70. The first-order valence-electron chi connectivity index (χ1n) is 4.72. The van der Waals surface area contributed by atoms with Crippen LogP contribution in [-0.4, -0.2) is 12.1 Å². The molecule has 2 aromatic rings. The highest BCUT2D eigenvalue weighted by Gasteiger charge is 2.11. The summed E-state index contributed by atoms with van der Waals surface area (Å²) in [5.41, 5.74) is 8.81. The number of hydrogen-bond donors (Lipinski definition) is 2. The molecule has 15 heavy (non-hydrogen) atoms. The molecular formula is C11H13ClN2O. The zero-order valence-electron chi connectivity index (χ0n) is 8.73. The number of aromatic nitrogens is 1. The van der Waals surface area contributed by atoms with Gasteiger partial charge < -0.3 is 15.5 Å². The first-order valence-corrected chi connectivity index (χ1v) is 5.10. The van der Waals surface area contributed by atoms with E-state index in [9.17, 15) is 0 Å². The fraction of sp³-hybridized carbons (Fsp3) is 0.273. The van der Waals surface area contributed by atoms with E-state index >= 15 is 0 Å². The maximum atomic E-state index is 6.01. The molecule has 0 aliphatic rings. The van der Waals surface area contributed by atoms with Crippen LogP contribution < -0.4 is 10.5 Å². The number of H-pyrrole nitrogens is 1. The van der Waals surface area contributed by atoms with Crippen molar-refractivity contribution < 1.29 is 4.74 Å². The van der Waals surface area contributed by atoms with Gasteiger partial charge in [-0.15, -0.1) is 0 Å². The van der Waals surface area contributed by atoms with Gasteiger partial charge in [-0.3, -0.25) is 0 Å². The van der Waals surface area contributed by atoms with Crippen LogP contribution in [0.2, 0.25) is 5.02 Å². The van der Waals surface area contributed by atoms with Crippen molar-refractivity contribution in [2.75, 3.05) is 7.11 Å². The molecule has 0 fully saturated rings. The van der Waals surface area contributed by atoms with Crippen molar-refractivity contribution in [2.45, 2.75) is 13.5 Å². The Morgan fingerprint density at radius 2 is 2.20 bits per heavy atom. The first kappa shape index (κ1) is 10.3. The lowest BCUT2D eigenvalue weighted by molar-refractivity contribution is 0.419. The van der Waals surface area contributed by atoms with E-state index in [1.165, 1.54) is 0 Å². The van der Waals surface area contributed by atoms with Crippen LogP contribution in [-0.2, 0) is 6.54 Å². The molecule has 1 aromatic heterocycles. The predicted molar refractivity (Wildman–Crippen MR) is 62.5 cm³/mol. The van der Waals surface area contributed by atoms with Gasteiger partial charge in [-0.1, -0.05) is 11.6 Å². The van der Waals surface area contributed by atoms with E-state index in [-0.39, 0.29) is 0 Å². The van der Waals surface area contributed by atoms with Gasteiger partial charge in [-0.25, -0.2) is 0 Å². The third kappa shape index (κ3) is 1.58. The van der Waals surface area contributed by atoms with Gasteiger partial charge in [0.15, 0.2) is 0 Å². The van der Waals surface area contributed by atoms with Crippen LogP contribution >= 0.6 is 11.6 Å². The van der Waals surface area contributed by atoms with E-state index in [0.717, 1.165) is 27.9 Å². The summed E-state index contributed by atoms with van der Waals surface area (Å²) in [6, 6.07) is 3.70. The van der Waals surface area contributed by atoms with Crippen LogP contribution in [0.4, 0.5) is 0 Å². The molecule has 80 valence electrons. The highest BCUT2D eigenvalue weighted by molar-refractivity contribution is 6.31. The Kier molecular flexibility index (Phi) is 2.59. The SMILES string of the molecule is COc1cc(Cl)cc2c(CN)c(C)[nH]c12. The van der Waals surface area contributed by atoms with E-state index in [2.05, 4.69) is 4.98 Å². The minimum atomic E-state index is 0.495. The Morgan fingerprint density at radius 1 is 1.47 bits per heavy atom. The molecule has 0 bridgehead atoms. The van der Waals surface area contributed by atoms with Crippen LogP contribution in [0.3, 0.4) is 0 Å². The third-order valence-electron chi connectivity index (χ3n) is 2.58. The molecule has 0 atom stereocenters. The predicted octanol–water partition coefficient (Wildman–Crippen LogP) is 2.60. The number of methoxy groups -OCH3 is 1. The first-order chi connectivity index (χ1) is 7.17. The minimum Gasteiger partial charge on any atom is -0.495 e. The van der Waals surface area contributed by atoms with Gasteiger partial charge >= 0.3 is 0 Å². The summed E-state index contributed by atoms with van der Waals surface area (Å²) < 4.78 is 5.26. The summed E-state index contributed by atoms with van der Waals surface area (Å²) >= 11 is 6.01. The van der Waals surface area contributed by atoms with Crippen LogP contribution in [0, 0.1) is 6.92 Å². The molecule has 3 N–H and O–H groups in total. The Labute approximate surface area is 93.2 Å². The normalized spacial score (nSPS) is 10.9. The average molecular weight is 225 g/mol. The molecule has 0 spiro atoms. The molecule has 1 heterocycles. The van der Waals surface area contributed by atoms with Gasteiger partial charge in [0.25, 0.3) is 0 Å². The summed E-state index contributed by atoms with van der Waals surface area (Å²) in [6.07, 6.45) is 0. The van der Waals surface area contributed by atoms with Crippen LogP contribution in [0.25, 0.3) is 10.9 Å². The van der Waals surface area contributed by atoms with E-state index in [1.54, 1.807) is 13.2 Å². The second-order valence-corrected chi connectivity index (χ2v) is 3.90. The number of ether oxygens (including phenoxy) is 1. The number of benzene rings is 1. The van der Waals surface area contributed by atoms with E-state index in [4.69, 9.17) is 22.1 Å². The number of nitrogens with one attached hydrogen (secondary N) is 1. The Balaban J connectivity index is 2.83. The van der Waals surface area contributed by atoms with Crippen molar-refractivity contribution in [1.29, 1.82) is 0 Å². The molecule has 4 heteroatoms. The summed E-state index contributed by atoms with van der Waals surface area (Å²) in [4.78, 5) is 3.26. The number of hydrogen-bond acceptors (Lipinski definition) is 2. The highest BCUT2D eigenvalue weighted by atomic mass is 35.5. The van der Waals surface area contributed by atoms with E-state index in [1.807, 2.05) is 13.0 Å². The molecular weight excluding hydrogens is 212 g/mol. The lowest BCUT2D eigenvalue weighted by Gasteiger charge is -2.02. The second-order valence-electron chi connectivity index (χ2n) is 3.46. The van der Waals surface area contributed by atoms with Crippen LogP contribution in [0.1, 0.15) is 11.3 Å². The standard InChI is InChI=1S/C11H13ClN2O/c1-6-9(5-13)8-3-7(12)4-10(15-2)11(8)14-6/h3-4,14H,5,13H2,1-2H3. The zero-order chi connectivity index (χ0) is 11.0. The largest absolute Gasteiger partial charge is 0.495 e. The number of aryl methyl sites for hydroxylation is 1. The molecule has 2 rings (SSSR count). The number of nitrogens with two attached hydrogens (primary N) is 1. The molecule has 1 aromatic carbocycles. The summed E-state index contributed by atoms with van der Waals surface area (Å²) in [5.74, 6) is 0.750. The molecule has 0 aliphatic carbocycles. The Hall–Kier alpha value is -1.19. The topological polar surface area (TPSA) is 51.0 Å². The smallest absolute Gasteiger partial charge is 0.144 e. The number of aromatic amines is 1. The maximum Gasteiger partial charge on any atom is 0.144 e. The average Bonchev–Trinajstić information content (AvgIpc) is 2.52. The Morgan fingerprint density at radius 3 is 2.80 bits per heavy atom. The van der Waals surface area contributed by atoms with Gasteiger partial charge in [0.2, 0.25) is 0 Å². The molecule has 0 radical (unpaired) electrons. The molecule has 0 amide bonds. The van der Waals surface area contributed by atoms with Gasteiger partial charge in [-0.2, -0.15) is 0 Å². The monoisotopic (exact) mass is 224 g/mol. The molecule has 0 aliphatic heterocycles. The van der Waals surface area contributed by atoms with Crippen molar-refractivity contribution in [3.63, 3.8) is 0 Å². The number of fused-ring (bicyclic) bond motifs is 1. The van der Waals surface area contributed by atoms with Gasteiger partial charge in [0.05, 0.1) is 12.6 Å². The Bertz CT molecular complexity index is 505.